The van der Waals surface area contributed by atoms with E-state index >= 15 is 0 Å². The van der Waals surface area contributed by atoms with Crippen LogP contribution in [0, 0.1) is 0 Å². The molecule has 1 amide bonds. The predicted octanol–water partition coefficient (Wildman–Crippen LogP) is 2.88. The quantitative estimate of drug-likeness (QED) is 0.699. The standard InChI is InChI=1S/C23H30N2O4S/c1-3-19-9-11-21(12-10-19)25(30(2,27)28)17-22(26)24-18-23(13-15-29-16-14-23)20-7-5-4-6-8-20/h4-12H,3,13-18H2,1-2H3,(H,24,26). The molecule has 162 valence electrons. The van der Waals surface area contributed by atoms with Crippen molar-refractivity contribution in [2.45, 2.75) is 31.6 Å². The summed E-state index contributed by atoms with van der Waals surface area (Å²) in [6.07, 6.45) is 3.61. The number of rotatable bonds is 8. The number of ether oxygens (including phenoxy) is 1. The van der Waals surface area contributed by atoms with Gasteiger partial charge in [0.1, 0.15) is 6.54 Å². The summed E-state index contributed by atoms with van der Waals surface area (Å²) in [7, 11) is -3.59. The summed E-state index contributed by atoms with van der Waals surface area (Å²) in [6, 6.07) is 17.4. The summed E-state index contributed by atoms with van der Waals surface area (Å²) < 4.78 is 31.4. The summed E-state index contributed by atoms with van der Waals surface area (Å²) in [5.74, 6) is -0.318. The maximum Gasteiger partial charge on any atom is 0.240 e. The maximum atomic E-state index is 12.8. The van der Waals surface area contributed by atoms with Crippen molar-refractivity contribution in [3.8, 4) is 0 Å². The van der Waals surface area contributed by atoms with E-state index in [-0.39, 0.29) is 17.9 Å². The first-order valence-corrected chi connectivity index (χ1v) is 12.2. The average molecular weight is 431 g/mol. The van der Waals surface area contributed by atoms with Crippen LogP contribution in [0.3, 0.4) is 0 Å². The molecule has 0 aliphatic carbocycles. The Kier molecular flexibility index (Phi) is 7.15. The molecule has 0 atom stereocenters. The zero-order valence-electron chi connectivity index (χ0n) is 17.6. The van der Waals surface area contributed by atoms with Crippen LogP contribution in [-0.4, -0.2) is 46.9 Å². The van der Waals surface area contributed by atoms with Gasteiger partial charge >= 0.3 is 0 Å². The minimum absolute atomic E-state index is 0.201. The van der Waals surface area contributed by atoms with Gasteiger partial charge in [0.05, 0.1) is 11.9 Å². The van der Waals surface area contributed by atoms with Crippen molar-refractivity contribution >= 4 is 21.6 Å². The Morgan fingerprint density at radius 3 is 2.27 bits per heavy atom. The van der Waals surface area contributed by atoms with Crippen LogP contribution in [-0.2, 0) is 31.4 Å². The molecule has 6 nitrogen and oxygen atoms in total. The Labute approximate surface area is 179 Å². The van der Waals surface area contributed by atoms with E-state index < -0.39 is 10.0 Å². The molecule has 0 saturated carbocycles. The molecule has 0 unspecified atom stereocenters. The van der Waals surface area contributed by atoms with Gasteiger partial charge < -0.3 is 10.1 Å². The van der Waals surface area contributed by atoms with Gasteiger partial charge in [-0.2, -0.15) is 0 Å². The van der Waals surface area contributed by atoms with Gasteiger partial charge in [-0.05, 0) is 42.5 Å². The molecule has 30 heavy (non-hydrogen) atoms. The maximum absolute atomic E-state index is 12.8. The van der Waals surface area contributed by atoms with E-state index in [9.17, 15) is 13.2 Å². The topological polar surface area (TPSA) is 75.7 Å². The van der Waals surface area contributed by atoms with Crippen LogP contribution in [0.4, 0.5) is 5.69 Å². The van der Waals surface area contributed by atoms with Crippen LogP contribution in [0.5, 0.6) is 0 Å². The van der Waals surface area contributed by atoms with Gasteiger partial charge in [-0.25, -0.2) is 8.42 Å². The smallest absolute Gasteiger partial charge is 0.240 e. The summed E-state index contributed by atoms with van der Waals surface area (Å²) in [6.45, 7) is 3.53. The lowest BCUT2D eigenvalue weighted by molar-refractivity contribution is -0.120. The van der Waals surface area contributed by atoms with E-state index in [1.54, 1.807) is 12.1 Å². The summed E-state index contributed by atoms with van der Waals surface area (Å²) >= 11 is 0. The lowest BCUT2D eigenvalue weighted by atomic mass is 9.74. The van der Waals surface area contributed by atoms with Gasteiger partial charge in [0.15, 0.2) is 0 Å². The summed E-state index contributed by atoms with van der Waals surface area (Å²) in [5.41, 5.74) is 2.58. The molecular weight excluding hydrogens is 400 g/mol. The zero-order chi connectivity index (χ0) is 21.6. The molecule has 0 radical (unpaired) electrons. The molecule has 1 fully saturated rings. The number of nitrogens with zero attached hydrogens (tertiary/aromatic N) is 1. The highest BCUT2D eigenvalue weighted by molar-refractivity contribution is 7.92. The first-order valence-electron chi connectivity index (χ1n) is 10.3. The molecule has 0 spiro atoms. The van der Waals surface area contributed by atoms with Crippen molar-refractivity contribution in [3.63, 3.8) is 0 Å². The van der Waals surface area contributed by atoms with Crippen LogP contribution in [0.15, 0.2) is 54.6 Å². The predicted molar refractivity (Wildman–Crippen MR) is 119 cm³/mol. The van der Waals surface area contributed by atoms with Crippen molar-refractivity contribution in [2.75, 3.05) is 36.9 Å². The number of carbonyl (C=O) groups excluding carboxylic acids is 1. The minimum Gasteiger partial charge on any atom is -0.381 e. The molecule has 1 aliphatic rings. The number of hydrogen-bond acceptors (Lipinski definition) is 4. The Bertz CT molecular complexity index is 937. The summed E-state index contributed by atoms with van der Waals surface area (Å²) in [5, 5.41) is 2.99. The summed E-state index contributed by atoms with van der Waals surface area (Å²) in [4.78, 5) is 12.8. The van der Waals surface area contributed by atoms with Crippen molar-refractivity contribution in [1.82, 2.24) is 5.32 Å². The molecule has 0 aromatic heterocycles. The fourth-order valence-corrected chi connectivity index (χ4v) is 4.73. The fraction of sp³-hybridized carbons (Fsp3) is 0.435. The van der Waals surface area contributed by atoms with Gasteiger partial charge in [-0.3, -0.25) is 9.10 Å². The van der Waals surface area contributed by atoms with Crippen LogP contribution >= 0.6 is 0 Å². The fourth-order valence-electron chi connectivity index (χ4n) is 3.87. The van der Waals surface area contributed by atoms with Gasteiger partial charge in [-0.15, -0.1) is 0 Å². The number of sulfonamides is 1. The molecule has 1 saturated heterocycles. The number of carbonyl (C=O) groups is 1. The lowest BCUT2D eigenvalue weighted by Gasteiger charge is -2.38. The average Bonchev–Trinajstić information content (AvgIpc) is 2.77. The largest absolute Gasteiger partial charge is 0.381 e. The Hall–Kier alpha value is -2.38. The second-order valence-corrected chi connectivity index (χ2v) is 9.73. The van der Waals surface area contributed by atoms with Crippen molar-refractivity contribution < 1.29 is 17.9 Å². The van der Waals surface area contributed by atoms with Gasteiger partial charge in [-0.1, -0.05) is 49.4 Å². The van der Waals surface area contributed by atoms with Crippen LogP contribution in [0.1, 0.15) is 30.9 Å². The van der Waals surface area contributed by atoms with Crippen LogP contribution in [0.25, 0.3) is 0 Å². The Morgan fingerprint density at radius 2 is 1.70 bits per heavy atom. The second kappa shape index (κ2) is 9.62. The second-order valence-electron chi connectivity index (χ2n) is 7.83. The SMILES string of the molecule is CCc1ccc(N(CC(=O)NCC2(c3ccccc3)CCOCC2)S(C)(=O)=O)cc1. The first kappa shape index (κ1) is 22.3. The van der Waals surface area contributed by atoms with Crippen molar-refractivity contribution in [1.29, 1.82) is 0 Å². The third-order valence-corrected chi connectivity index (χ3v) is 6.92. The van der Waals surface area contributed by atoms with Gasteiger partial charge in [0.25, 0.3) is 0 Å². The van der Waals surface area contributed by atoms with Gasteiger partial charge in [0, 0.05) is 25.2 Å². The van der Waals surface area contributed by atoms with Crippen LogP contribution in [0.2, 0.25) is 0 Å². The molecule has 2 aromatic rings. The monoisotopic (exact) mass is 430 g/mol. The van der Waals surface area contributed by atoms with E-state index in [0.717, 1.165) is 35.4 Å². The highest BCUT2D eigenvalue weighted by atomic mass is 32.2. The molecule has 1 aliphatic heterocycles. The van der Waals surface area contributed by atoms with E-state index in [1.165, 1.54) is 5.56 Å². The van der Waals surface area contributed by atoms with E-state index in [4.69, 9.17) is 4.74 Å². The Balaban J connectivity index is 1.73. The third-order valence-electron chi connectivity index (χ3n) is 5.78. The molecule has 1 heterocycles. The number of anilines is 1. The van der Waals surface area contributed by atoms with Crippen molar-refractivity contribution in [2.24, 2.45) is 0 Å². The number of nitrogens with one attached hydrogen (secondary N) is 1. The highest BCUT2D eigenvalue weighted by Gasteiger charge is 2.35. The molecular formula is C23H30N2O4S. The normalized spacial score (nSPS) is 16.1. The number of benzene rings is 2. The number of hydrogen-bond donors (Lipinski definition) is 1. The molecule has 1 N–H and O–H groups in total. The van der Waals surface area contributed by atoms with Crippen LogP contribution < -0.4 is 9.62 Å². The molecule has 3 rings (SSSR count). The van der Waals surface area contributed by atoms with E-state index in [1.807, 2.05) is 37.3 Å². The minimum atomic E-state index is -3.59. The van der Waals surface area contributed by atoms with Gasteiger partial charge in [0.2, 0.25) is 15.9 Å². The molecule has 0 bridgehead atoms. The molecule has 7 heteroatoms. The van der Waals surface area contributed by atoms with E-state index in [0.29, 0.717) is 25.4 Å². The highest BCUT2D eigenvalue weighted by Crippen LogP contribution is 2.34. The number of aryl methyl sites for hydroxylation is 1. The Morgan fingerprint density at radius 1 is 1.07 bits per heavy atom. The zero-order valence-corrected chi connectivity index (χ0v) is 18.5. The van der Waals surface area contributed by atoms with E-state index in [2.05, 4.69) is 17.4 Å². The van der Waals surface area contributed by atoms with Crippen molar-refractivity contribution in [3.05, 3.63) is 65.7 Å². The lowest BCUT2D eigenvalue weighted by Crippen LogP contribution is -2.47. The number of amides is 1. The first-order chi connectivity index (χ1) is 14.3. The third kappa shape index (κ3) is 5.40. The molecule has 2 aromatic carbocycles.